The Kier molecular flexibility index (Phi) is 12.7. The van der Waals surface area contributed by atoms with Gasteiger partial charge in [0.2, 0.25) is 17.7 Å². The number of hydrogen-bond donors (Lipinski definition) is 8. The number of rotatable bonds is 14. The zero-order valence-corrected chi connectivity index (χ0v) is 16.8. The van der Waals surface area contributed by atoms with Crippen LogP contribution in [0.4, 0.5) is 0 Å². The minimum absolute atomic E-state index is 0.132. The maximum atomic E-state index is 12.3. The molecule has 29 heavy (non-hydrogen) atoms. The first-order valence-corrected chi connectivity index (χ1v) is 9.40. The molecule has 0 rings (SSSR count). The third-order valence-electron chi connectivity index (χ3n) is 4.21. The molecule has 0 bridgehead atoms. The zero-order valence-electron chi connectivity index (χ0n) is 16.8. The number of nitrogens with two attached hydrogens (primary N) is 2. The van der Waals surface area contributed by atoms with Crippen LogP contribution in [0.1, 0.15) is 33.1 Å². The van der Waals surface area contributed by atoms with Gasteiger partial charge in [-0.1, -0.05) is 13.8 Å². The minimum Gasteiger partial charge on any atom is -0.480 e. The molecule has 0 saturated carbocycles. The van der Waals surface area contributed by atoms with Gasteiger partial charge in [-0.15, -0.1) is 0 Å². The van der Waals surface area contributed by atoms with Crippen molar-refractivity contribution in [3.8, 4) is 0 Å². The predicted octanol–water partition coefficient (Wildman–Crippen LogP) is -3.38. The van der Waals surface area contributed by atoms with Crippen molar-refractivity contribution in [1.29, 1.82) is 0 Å². The van der Waals surface area contributed by atoms with Crippen LogP contribution in [0.5, 0.6) is 0 Å². The summed E-state index contributed by atoms with van der Waals surface area (Å²) in [6, 6.07) is -4.98. The van der Waals surface area contributed by atoms with E-state index < -0.39 is 61.1 Å². The maximum Gasteiger partial charge on any atom is 0.326 e. The topological polar surface area (TPSA) is 217 Å². The fourth-order valence-corrected chi connectivity index (χ4v) is 2.25. The van der Waals surface area contributed by atoms with E-state index in [-0.39, 0.29) is 12.3 Å². The third kappa shape index (κ3) is 9.65. The van der Waals surface area contributed by atoms with Gasteiger partial charge in [0.1, 0.15) is 18.1 Å². The molecular weight excluding hydrogens is 386 g/mol. The van der Waals surface area contributed by atoms with Crippen molar-refractivity contribution in [2.45, 2.75) is 57.3 Å². The highest BCUT2D eigenvalue weighted by molar-refractivity contribution is 5.94. The normalized spacial score (nSPS) is 15.1. The second kappa shape index (κ2) is 13.8. The summed E-state index contributed by atoms with van der Waals surface area (Å²) in [6.07, 6.45) is 1.18. The van der Waals surface area contributed by atoms with Crippen molar-refractivity contribution in [2.24, 2.45) is 17.4 Å². The summed E-state index contributed by atoms with van der Waals surface area (Å²) in [7, 11) is 0. The lowest BCUT2D eigenvalue weighted by atomic mass is 10.0. The first-order valence-electron chi connectivity index (χ1n) is 9.40. The number of amides is 3. The molecule has 168 valence electrons. The number of carbonyl (C=O) groups is 4. The smallest absolute Gasteiger partial charge is 0.326 e. The molecule has 12 nitrogen and oxygen atoms in total. The van der Waals surface area contributed by atoms with Crippen LogP contribution in [-0.2, 0) is 19.2 Å². The molecule has 0 aliphatic carbocycles. The fraction of sp³-hybridized carbons (Fsp3) is 0.765. The van der Waals surface area contributed by atoms with Crippen molar-refractivity contribution in [3.05, 3.63) is 0 Å². The van der Waals surface area contributed by atoms with E-state index in [4.69, 9.17) is 11.5 Å². The molecule has 0 fully saturated rings. The Morgan fingerprint density at radius 3 is 1.66 bits per heavy atom. The van der Waals surface area contributed by atoms with Crippen LogP contribution in [0.15, 0.2) is 0 Å². The molecule has 0 radical (unpaired) electrons. The van der Waals surface area contributed by atoms with E-state index in [1.54, 1.807) is 13.8 Å². The number of carbonyl (C=O) groups excluding carboxylic acids is 3. The molecule has 0 aliphatic rings. The van der Waals surface area contributed by atoms with Gasteiger partial charge in [-0.05, 0) is 31.7 Å². The first kappa shape index (κ1) is 26.7. The van der Waals surface area contributed by atoms with E-state index in [2.05, 4.69) is 16.0 Å². The minimum atomic E-state index is -1.47. The standard InChI is InChI=1S/C17H33N5O7/c1-9(2)13(19)16(27)22-12(8-24)15(26)21-11(7-23)14(25)20-10(17(28)29)5-3-4-6-18/h9-13,23-24H,3-8,18-19H2,1-2H3,(H,20,25)(H,21,26)(H,22,27)(H,28,29). The highest BCUT2D eigenvalue weighted by atomic mass is 16.4. The molecule has 12 heteroatoms. The Morgan fingerprint density at radius 2 is 1.28 bits per heavy atom. The summed E-state index contributed by atoms with van der Waals surface area (Å²) < 4.78 is 0. The number of carboxylic acid groups (broad SMARTS) is 1. The average molecular weight is 419 g/mol. The molecule has 3 amide bonds. The average Bonchev–Trinajstić information content (AvgIpc) is 2.67. The molecule has 0 aromatic rings. The number of unbranched alkanes of at least 4 members (excludes halogenated alkanes) is 1. The van der Waals surface area contributed by atoms with Crippen LogP contribution < -0.4 is 27.4 Å². The van der Waals surface area contributed by atoms with E-state index in [0.29, 0.717) is 19.4 Å². The Bertz CT molecular complexity index is 558. The summed E-state index contributed by atoms with van der Waals surface area (Å²) in [5.74, 6) is -3.98. The first-order chi connectivity index (χ1) is 13.6. The molecule has 0 spiro atoms. The highest BCUT2D eigenvalue weighted by Crippen LogP contribution is 2.02. The molecule has 4 unspecified atom stereocenters. The van der Waals surface area contributed by atoms with Gasteiger partial charge in [0.05, 0.1) is 19.3 Å². The zero-order chi connectivity index (χ0) is 22.6. The van der Waals surface area contributed by atoms with E-state index >= 15 is 0 Å². The van der Waals surface area contributed by atoms with Crippen molar-refractivity contribution in [3.63, 3.8) is 0 Å². The molecule has 4 atom stereocenters. The van der Waals surface area contributed by atoms with Gasteiger partial charge >= 0.3 is 5.97 Å². The number of aliphatic carboxylic acids is 1. The molecule has 10 N–H and O–H groups in total. The lowest BCUT2D eigenvalue weighted by molar-refractivity contribution is -0.142. The van der Waals surface area contributed by atoms with Crippen LogP contribution in [0.2, 0.25) is 0 Å². The Labute approximate surface area is 169 Å². The number of aliphatic hydroxyl groups is 2. The van der Waals surface area contributed by atoms with Crippen LogP contribution >= 0.6 is 0 Å². The van der Waals surface area contributed by atoms with E-state index in [9.17, 15) is 34.5 Å². The third-order valence-corrected chi connectivity index (χ3v) is 4.21. The van der Waals surface area contributed by atoms with E-state index in [1.807, 2.05) is 0 Å². The quantitative estimate of drug-likeness (QED) is 0.131. The second-order valence-electron chi connectivity index (χ2n) is 6.94. The van der Waals surface area contributed by atoms with Gasteiger partial charge in [-0.25, -0.2) is 4.79 Å². The molecule has 0 aliphatic heterocycles. The number of hydrogen-bond acceptors (Lipinski definition) is 8. The van der Waals surface area contributed by atoms with Gasteiger partial charge in [-0.3, -0.25) is 14.4 Å². The van der Waals surface area contributed by atoms with Crippen molar-refractivity contribution < 1.29 is 34.5 Å². The Balaban J connectivity index is 4.94. The lowest BCUT2D eigenvalue weighted by Crippen LogP contribution is -2.59. The molecule has 0 aromatic heterocycles. The lowest BCUT2D eigenvalue weighted by Gasteiger charge is -2.24. The highest BCUT2D eigenvalue weighted by Gasteiger charge is 2.30. The second-order valence-corrected chi connectivity index (χ2v) is 6.94. The monoisotopic (exact) mass is 419 g/mol. The van der Waals surface area contributed by atoms with Crippen molar-refractivity contribution in [1.82, 2.24) is 16.0 Å². The number of nitrogens with one attached hydrogen (secondary N) is 3. The maximum absolute atomic E-state index is 12.3. The summed E-state index contributed by atoms with van der Waals surface area (Å²) in [5, 5.41) is 34.6. The predicted molar refractivity (Wildman–Crippen MR) is 103 cm³/mol. The van der Waals surface area contributed by atoms with Crippen LogP contribution in [0, 0.1) is 5.92 Å². The SMILES string of the molecule is CC(C)C(N)C(=O)NC(CO)C(=O)NC(CO)C(=O)NC(CCCCN)C(=O)O. The van der Waals surface area contributed by atoms with Gasteiger partial charge in [-0.2, -0.15) is 0 Å². The van der Waals surface area contributed by atoms with Gasteiger partial charge in [0, 0.05) is 0 Å². The molecule has 0 aromatic carbocycles. The molecule has 0 saturated heterocycles. The molecule has 0 heterocycles. The summed E-state index contributed by atoms with van der Waals surface area (Å²) in [4.78, 5) is 47.7. The van der Waals surface area contributed by atoms with Crippen LogP contribution in [0.3, 0.4) is 0 Å². The van der Waals surface area contributed by atoms with Crippen LogP contribution in [-0.4, -0.2) is 82.9 Å². The number of aliphatic hydroxyl groups excluding tert-OH is 2. The summed E-state index contributed by atoms with van der Waals surface area (Å²) in [6.45, 7) is 2.21. The Morgan fingerprint density at radius 1 is 0.828 bits per heavy atom. The largest absolute Gasteiger partial charge is 0.480 e. The van der Waals surface area contributed by atoms with Gasteiger partial charge in [0.15, 0.2) is 0 Å². The summed E-state index contributed by atoms with van der Waals surface area (Å²) >= 11 is 0. The van der Waals surface area contributed by atoms with Gasteiger partial charge in [0.25, 0.3) is 0 Å². The summed E-state index contributed by atoms with van der Waals surface area (Å²) in [5.41, 5.74) is 11.0. The van der Waals surface area contributed by atoms with Gasteiger partial charge < -0.3 is 42.7 Å². The number of carboxylic acids is 1. The van der Waals surface area contributed by atoms with Crippen molar-refractivity contribution >= 4 is 23.7 Å². The fourth-order valence-electron chi connectivity index (χ4n) is 2.25. The van der Waals surface area contributed by atoms with E-state index in [0.717, 1.165) is 0 Å². The Hall–Kier alpha value is -2.28. The van der Waals surface area contributed by atoms with E-state index in [1.165, 1.54) is 0 Å². The molecular formula is C17H33N5O7. The van der Waals surface area contributed by atoms with Crippen LogP contribution in [0.25, 0.3) is 0 Å². The van der Waals surface area contributed by atoms with Crippen molar-refractivity contribution in [2.75, 3.05) is 19.8 Å².